The Morgan fingerprint density at radius 3 is 2.64 bits per heavy atom. The van der Waals surface area contributed by atoms with Crippen molar-refractivity contribution < 1.29 is 8.78 Å². The van der Waals surface area contributed by atoms with Gasteiger partial charge in [-0.15, -0.1) is 0 Å². The molecule has 0 atom stereocenters. The van der Waals surface area contributed by atoms with Crippen LogP contribution in [-0.2, 0) is 0 Å². The quantitative estimate of drug-likeness (QED) is 0.504. The summed E-state index contributed by atoms with van der Waals surface area (Å²) in [5, 5.41) is 0. The summed E-state index contributed by atoms with van der Waals surface area (Å²) in [6.45, 7) is 2.91. The highest BCUT2D eigenvalue weighted by atomic mass is 19.1. The van der Waals surface area contributed by atoms with E-state index in [1.165, 1.54) is 6.92 Å². The third kappa shape index (κ3) is 1.56. The zero-order valence-electron chi connectivity index (χ0n) is 6.62. The molecule has 0 spiro atoms. The summed E-state index contributed by atoms with van der Waals surface area (Å²) in [5.74, 6) is -0.835. The lowest BCUT2D eigenvalue weighted by atomic mass is 10.0. The van der Waals surface area contributed by atoms with E-state index in [1.54, 1.807) is 19.1 Å². The van der Waals surface area contributed by atoms with E-state index in [4.69, 9.17) is 0 Å². The zero-order valence-corrected chi connectivity index (χ0v) is 6.62. The fourth-order valence-electron chi connectivity index (χ4n) is 1.05. The first-order valence-electron chi connectivity index (χ1n) is 3.51. The van der Waals surface area contributed by atoms with Gasteiger partial charge in [-0.05, 0) is 25.8 Å². The fraction of sp³-hybridized carbons (Fsp3) is 0.333. The molecule has 0 N–H and O–H groups in total. The highest BCUT2D eigenvalue weighted by molar-refractivity contribution is 5.41. The van der Waals surface area contributed by atoms with Crippen molar-refractivity contribution in [3.8, 4) is 0 Å². The van der Waals surface area contributed by atoms with E-state index in [0.29, 0.717) is 12.0 Å². The molecule has 0 heterocycles. The normalized spacial score (nSPS) is 22.5. The SMILES string of the molecule is CC1=C(F)/C(=C(/C)F)CC=C1. The molecule has 0 aromatic rings. The maximum absolute atomic E-state index is 13.0. The van der Waals surface area contributed by atoms with Crippen molar-refractivity contribution in [1.82, 2.24) is 0 Å². The molecule has 0 radical (unpaired) electrons. The smallest absolute Gasteiger partial charge is 0.132 e. The van der Waals surface area contributed by atoms with Gasteiger partial charge in [0.1, 0.15) is 11.7 Å². The highest BCUT2D eigenvalue weighted by Gasteiger charge is 2.12. The third-order valence-corrected chi connectivity index (χ3v) is 1.72. The standard InChI is InChI=1S/C9H10F2/c1-6-4-3-5-8(7(2)10)9(6)11/h3-4H,5H2,1-2H3/b8-7-. The summed E-state index contributed by atoms with van der Waals surface area (Å²) in [5.41, 5.74) is 0.688. The molecular weight excluding hydrogens is 146 g/mol. The largest absolute Gasteiger partial charge is 0.212 e. The van der Waals surface area contributed by atoms with Crippen molar-refractivity contribution in [2.45, 2.75) is 20.3 Å². The Balaban J connectivity index is 3.09. The van der Waals surface area contributed by atoms with E-state index < -0.39 is 11.7 Å². The predicted molar refractivity (Wildman–Crippen MR) is 41.4 cm³/mol. The minimum Gasteiger partial charge on any atom is -0.212 e. The monoisotopic (exact) mass is 156 g/mol. The van der Waals surface area contributed by atoms with Crippen molar-refractivity contribution in [3.63, 3.8) is 0 Å². The Bertz CT molecular complexity index is 253. The first-order valence-corrected chi connectivity index (χ1v) is 3.51. The summed E-state index contributed by atoms with van der Waals surface area (Å²) >= 11 is 0. The average Bonchev–Trinajstić information content (AvgIpc) is 1.94. The van der Waals surface area contributed by atoms with Gasteiger partial charge in [0.15, 0.2) is 0 Å². The third-order valence-electron chi connectivity index (χ3n) is 1.72. The molecule has 2 heteroatoms. The summed E-state index contributed by atoms with van der Waals surface area (Å²) in [6.07, 6.45) is 3.80. The summed E-state index contributed by atoms with van der Waals surface area (Å²) < 4.78 is 25.6. The van der Waals surface area contributed by atoms with Gasteiger partial charge in [0.05, 0.1) is 0 Å². The van der Waals surface area contributed by atoms with Crippen LogP contribution in [0.3, 0.4) is 0 Å². The van der Waals surface area contributed by atoms with Crippen molar-refractivity contribution >= 4 is 0 Å². The van der Waals surface area contributed by atoms with Gasteiger partial charge < -0.3 is 0 Å². The molecule has 0 amide bonds. The molecule has 0 saturated carbocycles. The van der Waals surface area contributed by atoms with E-state index in [0.717, 1.165) is 0 Å². The van der Waals surface area contributed by atoms with Crippen LogP contribution in [0.25, 0.3) is 0 Å². The van der Waals surface area contributed by atoms with E-state index in [1.807, 2.05) is 0 Å². The second kappa shape index (κ2) is 2.99. The van der Waals surface area contributed by atoms with Crippen molar-refractivity contribution in [2.24, 2.45) is 0 Å². The van der Waals surface area contributed by atoms with Gasteiger partial charge in [-0.1, -0.05) is 12.2 Å². The maximum atomic E-state index is 13.0. The lowest BCUT2D eigenvalue weighted by Gasteiger charge is -2.09. The van der Waals surface area contributed by atoms with Crippen LogP contribution >= 0.6 is 0 Å². The van der Waals surface area contributed by atoms with E-state index in [9.17, 15) is 8.78 Å². The van der Waals surface area contributed by atoms with Gasteiger partial charge in [0, 0.05) is 5.57 Å². The van der Waals surface area contributed by atoms with Crippen molar-refractivity contribution in [3.05, 3.63) is 35.0 Å². The van der Waals surface area contributed by atoms with Crippen LogP contribution in [0.15, 0.2) is 35.0 Å². The predicted octanol–water partition coefficient (Wildman–Crippen LogP) is 3.43. The first kappa shape index (κ1) is 8.18. The minimum absolute atomic E-state index is 0.185. The van der Waals surface area contributed by atoms with Gasteiger partial charge in [-0.3, -0.25) is 0 Å². The van der Waals surface area contributed by atoms with Crippen LogP contribution in [0.1, 0.15) is 20.3 Å². The molecule has 0 unspecified atom stereocenters. The second-order valence-corrected chi connectivity index (χ2v) is 2.62. The van der Waals surface area contributed by atoms with Crippen LogP contribution in [0, 0.1) is 0 Å². The Morgan fingerprint density at radius 2 is 2.18 bits per heavy atom. The minimum atomic E-state index is -0.425. The average molecular weight is 156 g/mol. The highest BCUT2D eigenvalue weighted by Crippen LogP contribution is 2.28. The van der Waals surface area contributed by atoms with Crippen LogP contribution in [0.2, 0.25) is 0 Å². The topological polar surface area (TPSA) is 0 Å². The molecule has 1 aliphatic rings. The zero-order chi connectivity index (χ0) is 8.43. The molecular formula is C9H10F2. The van der Waals surface area contributed by atoms with Crippen molar-refractivity contribution in [2.75, 3.05) is 0 Å². The molecule has 1 aliphatic carbocycles. The number of halogens is 2. The van der Waals surface area contributed by atoms with Gasteiger partial charge in [0.2, 0.25) is 0 Å². The Hall–Kier alpha value is -0.920. The van der Waals surface area contributed by atoms with Gasteiger partial charge in [-0.2, -0.15) is 0 Å². The molecule has 1 rings (SSSR count). The molecule has 0 aliphatic heterocycles. The molecule has 0 fully saturated rings. The number of allylic oxidation sites excluding steroid dienone is 6. The van der Waals surface area contributed by atoms with E-state index >= 15 is 0 Å². The molecule has 0 bridgehead atoms. The lowest BCUT2D eigenvalue weighted by Crippen LogP contribution is -1.93. The second-order valence-electron chi connectivity index (χ2n) is 2.62. The van der Waals surface area contributed by atoms with E-state index in [2.05, 4.69) is 0 Å². The Labute approximate surface area is 64.9 Å². The van der Waals surface area contributed by atoms with Crippen LogP contribution < -0.4 is 0 Å². The summed E-state index contributed by atoms with van der Waals surface area (Å²) in [6, 6.07) is 0. The van der Waals surface area contributed by atoms with Crippen LogP contribution in [-0.4, -0.2) is 0 Å². The molecule has 0 aromatic heterocycles. The number of hydrogen-bond donors (Lipinski definition) is 0. The molecule has 0 aromatic carbocycles. The van der Waals surface area contributed by atoms with Gasteiger partial charge in [-0.25, -0.2) is 8.78 Å². The molecule has 11 heavy (non-hydrogen) atoms. The first-order chi connectivity index (χ1) is 5.13. The van der Waals surface area contributed by atoms with Gasteiger partial charge >= 0.3 is 0 Å². The number of hydrogen-bond acceptors (Lipinski definition) is 0. The molecule has 60 valence electrons. The Morgan fingerprint density at radius 1 is 1.55 bits per heavy atom. The lowest BCUT2D eigenvalue weighted by molar-refractivity contribution is 0.582. The summed E-state index contributed by atoms with van der Waals surface area (Å²) in [4.78, 5) is 0. The van der Waals surface area contributed by atoms with E-state index in [-0.39, 0.29) is 5.57 Å². The molecule has 0 saturated heterocycles. The maximum Gasteiger partial charge on any atom is 0.132 e. The fourth-order valence-corrected chi connectivity index (χ4v) is 1.05. The van der Waals surface area contributed by atoms with Gasteiger partial charge in [0.25, 0.3) is 0 Å². The van der Waals surface area contributed by atoms with Crippen LogP contribution in [0.5, 0.6) is 0 Å². The molecule has 0 nitrogen and oxygen atoms in total. The summed E-state index contributed by atoms with van der Waals surface area (Å²) in [7, 11) is 0. The van der Waals surface area contributed by atoms with Crippen LogP contribution in [0.4, 0.5) is 8.78 Å². The van der Waals surface area contributed by atoms with Crippen molar-refractivity contribution in [1.29, 1.82) is 0 Å². The number of rotatable bonds is 0. The Kier molecular flexibility index (Phi) is 2.22.